The molecule has 0 unspecified atom stereocenters. The summed E-state index contributed by atoms with van der Waals surface area (Å²) in [7, 11) is 0. The lowest BCUT2D eigenvalue weighted by Gasteiger charge is -2.05. The molecule has 0 fully saturated rings. The third kappa shape index (κ3) is 3.31. The van der Waals surface area contributed by atoms with Crippen molar-refractivity contribution in [1.82, 2.24) is 0 Å². The molecule has 0 saturated carbocycles. The molecule has 0 aliphatic carbocycles. The van der Waals surface area contributed by atoms with Gasteiger partial charge in [0.15, 0.2) is 18.2 Å². The van der Waals surface area contributed by atoms with Crippen molar-refractivity contribution >= 4 is 44.7 Å². The highest BCUT2D eigenvalue weighted by atomic mass is 79.9. The fourth-order valence-corrected chi connectivity index (χ4v) is 2.57. The highest BCUT2D eigenvalue weighted by Crippen LogP contribution is 2.24. The Kier molecular flexibility index (Phi) is 4.37. The predicted octanol–water partition coefficient (Wildman–Crippen LogP) is 4.56. The molecule has 0 aliphatic rings. The summed E-state index contributed by atoms with van der Waals surface area (Å²) >= 11 is 10.0. The van der Waals surface area contributed by atoms with E-state index >= 15 is 0 Å². The van der Waals surface area contributed by atoms with E-state index in [2.05, 4.69) is 15.9 Å². The van der Waals surface area contributed by atoms with Gasteiger partial charge in [0.25, 0.3) is 0 Å². The van der Waals surface area contributed by atoms with E-state index in [0.717, 1.165) is 0 Å². The average molecular weight is 350 g/mol. The van der Waals surface area contributed by atoms with Gasteiger partial charge in [-0.15, -0.1) is 11.3 Å². The van der Waals surface area contributed by atoms with Gasteiger partial charge < -0.3 is 4.74 Å². The minimum Gasteiger partial charge on any atom is -0.482 e. The number of ketones is 1. The normalized spacial score (nSPS) is 10.4. The second kappa shape index (κ2) is 5.82. The molecule has 94 valence electrons. The highest BCUT2D eigenvalue weighted by Gasteiger charge is 2.11. The highest BCUT2D eigenvalue weighted by molar-refractivity contribution is 9.10. The number of halogens is 3. The molecule has 1 aromatic heterocycles. The number of Topliss-reactive ketones (excluding diaryl/α,β-unsaturated/α-hetero) is 1. The first-order valence-electron chi connectivity index (χ1n) is 4.92. The first kappa shape index (κ1) is 13.5. The number of ether oxygens (including phenoxy) is 1. The van der Waals surface area contributed by atoms with Gasteiger partial charge in [-0.1, -0.05) is 27.5 Å². The monoisotopic (exact) mass is 348 g/mol. The Balaban J connectivity index is 2.01. The van der Waals surface area contributed by atoms with E-state index in [0.29, 0.717) is 13.7 Å². The molecule has 1 heterocycles. The summed E-state index contributed by atoms with van der Waals surface area (Å²) in [4.78, 5) is 12.2. The molecule has 0 N–H and O–H groups in total. The summed E-state index contributed by atoms with van der Waals surface area (Å²) in [6.45, 7) is -0.213. The minimum atomic E-state index is -0.513. The van der Waals surface area contributed by atoms with Gasteiger partial charge in [-0.2, -0.15) is 0 Å². The molecule has 0 saturated heterocycles. The fourth-order valence-electron chi connectivity index (χ4n) is 1.27. The number of thiophene rings is 1. The van der Waals surface area contributed by atoms with Crippen LogP contribution in [0.3, 0.4) is 0 Å². The Morgan fingerprint density at radius 1 is 1.39 bits per heavy atom. The van der Waals surface area contributed by atoms with Gasteiger partial charge in [0.05, 0.1) is 9.21 Å². The van der Waals surface area contributed by atoms with E-state index in [1.54, 1.807) is 18.2 Å². The molecule has 18 heavy (non-hydrogen) atoms. The van der Waals surface area contributed by atoms with Crippen molar-refractivity contribution in [1.29, 1.82) is 0 Å². The Hall–Kier alpha value is -0.910. The van der Waals surface area contributed by atoms with Crippen molar-refractivity contribution in [2.75, 3.05) is 6.61 Å². The first-order chi connectivity index (χ1) is 8.56. The van der Waals surface area contributed by atoms with Gasteiger partial charge in [-0.05, 0) is 30.3 Å². The summed E-state index contributed by atoms with van der Waals surface area (Å²) in [5.74, 6) is -0.690. The number of carbonyl (C=O) groups is 1. The van der Waals surface area contributed by atoms with Crippen LogP contribution in [0.4, 0.5) is 4.39 Å². The summed E-state index contributed by atoms with van der Waals surface area (Å²) < 4.78 is 19.7. The number of rotatable bonds is 4. The molecule has 6 heteroatoms. The van der Waals surface area contributed by atoms with Crippen LogP contribution in [0.25, 0.3) is 0 Å². The average Bonchev–Trinajstić information content (AvgIpc) is 2.74. The third-order valence-electron chi connectivity index (χ3n) is 2.10. The third-order valence-corrected chi connectivity index (χ3v) is 3.87. The Morgan fingerprint density at radius 2 is 2.17 bits per heavy atom. The van der Waals surface area contributed by atoms with Crippen LogP contribution in [-0.4, -0.2) is 12.4 Å². The number of carbonyl (C=O) groups excluding carboxylic acids is 1. The van der Waals surface area contributed by atoms with Crippen molar-refractivity contribution in [2.24, 2.45) is 0 Å². The van der Waals surface area contributed by atoms with Crippen LogP contribution in [0.2, 0.25) is 4.34 Å². The number of hydrogen-bond acceptors (Lipinski definition) is 3. The van der Waals surface area contributed by atoms with E-state index in [1.807, 2.05) is 0 Å². The number of hydrogen-bond donors (Lipinski definition) is 0. The predicted molar refractivity (Wildman–Crippen MR) is 73.3 cm³/mol. The van der Waals surface area contributed by atoms with E-state index in [4.69, 9.17) is 16.3 Å². The molecular formula is C12H7BrClFO2S. The van der Waals surface area contributed by atoms with E-state index in [1.165, 1.54) is 23.5 Å². The van der Waals surface area contributed by atoms with Gasteiger partial charge in [0.1, 0.15) is 0 Å². The molecule has 1 aromatic carbocycles. The maximum absolute atomic E-state index is 13.4. The van der Waals surface area contributed by atoms with Crippen LogP contribution in [0.1, 0.15) is 9.67 Å². The SMILES string of the molecule is O=C(COc1ccc(Br)cc1F)c1ccc(Cl)s1. The fraction of sp³-hybridized carbons (Fsp3) is 0.0833. The maximum atomic E-state index is 13.4. The minimum absolute atomic E-state index is 0.0502. The second-order valence-corrected chi connectivity index (χ2v) is 6.02. The van der Waals surface area contributed by atoms with E-state index in [9.17, 15) is 9.18 Å². The second-order valence-electron chi connectivity index (χ2n) is 3.39. The zero-order chi connectivity index (χ0) is 13.1. The molecule has 0 bridgehead atoms. The molecular weight excluding hydrogens is 343 g/mol. The quantitative estimate of drug-likeness (QED) is 0.756. The zero-order valence-electron chi connectivity index (χ0n) is 8.95. The van der Waals surface area contributed by atoms with Crippen molar-refractivity contribution < 1.29 is 13.9 Å². The van der Waals surface area contributed by atoms with Crippen LogP contribution in [0.15, 0.2) is 34.8 Å². The standard InChI is InChI=1S/C12H7BrClFO2S/c13-7-1-2-10(8(15)5-7)17-6-9(16)11-3-4-12(14)18-11/h1-5H,6H2. The maximum Gasteiger partial charge on any atom is 0.210 e. The Morgan fingerprint density at radius 3 is 2.78 bits per heavy atom. The van der Waals surface area contributed by atoms with Gasteiger partial charge in [0, 0.05) is 4.47 Å². The molecule has 0 spiro atoms. The number of benzene rings is 1. The largest absolute Gasteiger partial charge is 0.482 e. The summed E-state index contributed by atoms with van der Waals surface area (Å²) in [6, 6.07) is 7.65. The Labute approximate surface area is 120 Å². The van der Waals surface area contributed by atoms with Gasteiger partial charge in [-0.3, -0.25) is 4.79 Å². The van der Waals surface area contributed by atoms with Crippen LogP contribution < -0.4 is 4.74 Å². The van der Waals surface area contributed by atoms with Crippen LogP contribution in [-0.2, 0) is 0 Å². The topological polar surface area (TPSA) is 26.3 Å². The van der Waals surface area contributed by atoms with Gasteiger partial charge >= 0.3 is 0 Å². The lowest BCUT2D eigenvalue weighted by molar-refractivity contribution is 0.0923. The molecule has 0 radical (unpaired) electrons. The van der Waals surface area contributed by atoms with Crippen molar-refractivity contribution in [3.63, 3.8) is 0 Å². The van der Waals surface area contributed by atoms with Crippen LogP contribution >= 0.6 is 38.9 Å². The lowest BCUT2D eigenvalue weighted by Crippen LogP contribution is -2.10. The van der Waals surface area contributed by atoms with Gasteiger partial charge in [-0.25, -0.2) is 4.39 Å². The van der Waals surface area contributed by atoms with Crippen LogP contribution in [0.5, 0.6) is 5.75 Å². The molecule has 2 aromatic rings. The molecule has 2 nitrogen and oxygen atoms in total. The lowest BCUT2D eigenvalue weighted by atomic mass is 10.3. The summed E-state index contributed by atoms with van der Waals surface area (Å²) in [6.07, 6.45) is 0. The van der Waals surface area contributed by atoms with E-state index < -0.39 is 5.82 Å². The summed E-state index contributed by atoms with van der Waals surface area (Å²) in [5, 5.41) is 0. The van der Waals surface area contributed by atoms with Crippen LogP contribution in [0, 0.1) is 5.82 Å². The van der Waals surface area contributed by atoms with Crippen molar-refractivity contribution in [2.45, 2.75) is 0 Å². The Bertz CT molecular complexity index is 585. The molecule has 0 amide bonds. The van der Waals surface area contributed by atoms with E-state index in [-0.39, 0.29) is 18.1 Å². The summed E-state index contributed by atoms with van der Waals surface area (Å²) in [5.41, 5.74) is 0. The molecule has 0 aliphatic heterocycles. The zero-order valence-corrected chi connectivity index (χ0v) is 12.1. The molecule has 0 atom stereocenters. The van der Waals surface area contributed by atoms with Crippen molar-refractivity contribution in [3.8, 4) is 5.75 Å². The van der Waals surface area contributed by atoms with Gasteiger partial charge in [0.2, 0.25) is 5.78 Å². The van der Waals surface area contributed by atoms with Crippen molar-refractivity contribution in [3.05, 3.63) is 49.8 Å². The molecule has 2 rings (SSSR count). The first-order valence-corrected chi connectivity index (χ1v) is 6.91. The smallest absolute Gasteiger partial charge is 0.210 e.